The molecule has 0 saturated carbocycles. The molecule has 25 heavy (non-hydrogen) atoms. The Kier molecular flexibility index (Phi) is 4.35. The molecule has 0 saturated heterocycles. The first-order chi connectivity index (χ1) is 12.3. The smallest absolute Gasteiger partial charge is 0.153 e. The lowest BCUT2D eigenvalue weighted by Gasteiger charge is -2.36. The molecule has 3 aromatic carbocycles. The first kappa shape index (κ1) is 16.0. The fourth-order valence-electron chi connectivity index (χ4n) is 3.39. The van der Waals surface area contributed by atoms with Gasteiger partial charge in [0.1, 0.15) is 0 Å². The Morgan fingerprint density at radius 2 is 1.08 bits per heavy atom. The number of benzene rings is 3. The van der Waals surface area contributed by atoms with Gasteiger partial charge in [-0.05, 0) is 21.7 Å². The fourth-order valence-corrected chi connectivity index (χ4v) is 3.78. The Morgan fingerprint density at radius 1 is 0.680 bits per heavy atom. The van der Waals surface area contributed by atoms with Gasteiger partial charge in [0.2, 0.25) is 0 Å². The molecule has 3 aromatic rings. The van der Waals surface area contributed by atoms with Gasteiger partial charge in [-0.15, -0.1) is 0 Å². The second-order valence-electron chi connectivity index (χ2n) is 5.84. The van der Waals surface area contributed by atoms with Crippen molar-refractivity contribution in [2.75, 3.05) is 0 Å². The predicted octanol–water partition coefficient (Wildman–Crippen LogP) is 5.43. The number of hydrogen-bond donors (Lipinski definition) is 0. The maximum absolute atomic E-state index is 4.38. The third-order valence-corrected chi connectivity index (χ3v) is 4.96. The maximum Gasteiger partial charge on any atom is 0.276 e. The molecule has 3 heteroatoms. The molecule has 0 N–H and O–H groups in total. The molecule has 0 aromatic heterocycles. The van der Waals surface area contributed by atoms with E-state index in [1.54, 1.807) is 0 Å². The van der Waals surface area contributed by atoms with E-state index in [1.165, 1.54) is 16.7 Å². The minimum Gasteiger partial charge on any atom is -0.153 e. The van der Waals surface area contributed by atoms with E-state index >= 15 is 0 Å². The van der Waals surface area contributed by atoms with Crippen LogP contribution in [0.3, 0.4) is 0 Å². The normalized spacial score (nSPS) is 13.5. The largest absolute Gasteiger partial charge is 0.276 e. The van der Waals surface area contributed by atoms with Crippen molar-refractivity contribution in [3.05, 3.63) is 118 Å². The fraction of sp³-hybridized carbons (Fsp3) is 0.0455. The molecular weight excluding hydrogens is 419 g/mol. The molecule has 0 spiro atoms. The third kappa shape index (κ3) is 2.76. The molecule has 0 bridgehead atoms. The molecule has 0 aliphatic carbocycles. The molecule has 2 nitrogen and oxygen atoms in total. The molecule has 0 atom stereocenters. The lowest BCUT2D eigenvalue weighted by Crippen LogP contribution is -2.43. The van der Waals surface area contributed by atoms with Gasteiger partial charge in [-0.25, -0.2) is 0 Å². The lowest BCUT2D eigenvalue weighted by atomic mass is 9.76. The number of rotatable bonds is 4. The van der Waals surface area contributed by atoms with E-state index in [0.717, 1.165) is 3.70 Å². The third-order valence-electron chi connectivity index (χ3n) is 4.44. The summed E-state index contributed by atoms with van der Waals surface area (Å²) in [5, 5.41) is 0. The van der Waals surface area contributed by atoms with Crippen LogP contribution in [0.4, 0.5) is 0 Å². The summed E-state index contributed by atoms with van der Waals surface area (Å²) in [6, 6.07) is 31.6. The molecular formula is C22H16IN2+. The molecule has 1 aliphatic heterocycles. The Balaban J connectivity index is 2.07. The van der Waals surface area contributed by atoms with Crippen LogP contribution in [-0.4, -0.2) is 11.2 Å². The van der Waals surface area contributed by atoms with Crippen LogP contribution in [0, 0.1) is 0 Å². The Hall–Kier alpha value is -2.49. The van der Waals surface area contributed by atoms with Gasteiger partial charge in [0, 0.05) is 0 Å². The quantitative estimate of drug-likeness (QED) is 0.231. The van der Waals surface area contributed by atoms with Crippen LogP contribution in [0.1, 0.15) is 16.7 Å². The first-order valence-electron chi connectivity index (χ1n) is 8.11. The summed E-state index contributed by atoms with van der Waals surface area (Å²) < 4.78 is 0.921. The molecule has 0 amide bonds. The highest BCUT2D eigenvalue weighted by molar-refractivity contribution is 14.1. The average Bonchev–Trinajstić information content (AvgIpc) is 3.12. The van der Waals surface area contributed by atoms with Gasteiger partial charge < -0.3 is 0 Å². The standard InChI is InChI=1S/C22H16IN2/c23-21-16-25(17-24-21)22(18-10-4-1-5-11-18,19-12-6-2-7-13-19)20-14-8-3-9-15-20/h1-16H/q+1. The van der Waals surface area contributed by atoms with E-state index in [9.17, 15) is 0 Å². The molecule has 0 fully saturated rings. The Morgan fingerprint density at radius 3 is 1.40 bits per heavy atom. The molecule has 1 heterocycles. The molecule has 1 aliphatic rings. The maximum atomic E-state index is 4.38. The summed E-state index contributed by atoms with van der Waals surface area (Å²) in [7, 11) is 0. The summed E-state index contributed by atoms with van der Waals surface area (Å²) >= 11 is 2.24. The Bertz CT molecular complexity index is 806. The van der Waals surface area contributed by atoms with Gasteiger partial charge in [0.05, 0.1) is 22.6 Å². The van der Waals surface area contributed by atoms with Crippen molar-refractivity contribution in [3.8, 4) is 0 Å². The SMILES string of the molecule is IC1=CN(C(c2ccccc2)(c2ccccc2)c2ccccc2)[C+]=N1. The van der Waals surface area contributed by atoms with Gasteiger partial charge in [-0.2, -0.15) is 4.90 Å². The van der Waals surface area contributed by atoms with E-state index in [2.05, 4.69) is 112 Å². The van der Waals surface area contributed by atoms with Gasteiger partial charge in [-0.3, -0.25) is 0 Å². The highest BCUT2D eigenvalue weighted by Crippen LogP contribution is 2.43. The highest BCUT2D eigenvalue weighted by atomic mass is 127. The summed E-state index contributed by atoms with van der Waals surface area (Å²) in [6.45, 7) is 0. The summed E-state index contributed by atoms with van der Waals surface area (Å²) in [6.07, 6.45) is 5.25. The minimum absolute atomic E-state index is 0.514. The topological polar surface area (TPSA) is 15.6 Å². The van der Waals surface area contributed by atoms with E-state index in [-0.39, 0.29) is 0 Å². The van der Waals surface area contributed by atoms with Crippen molar-refractivity contribution < 1.29 is 0 Å². The number of nitrogens with zero attached hydrogens (tertiary/aromatic N) is 2. The van der Waals surface area contributed by atoms with Crippen molar-refractivity contribution in [1.82, 2.24) is 4.90 Å². The van der Waals surface area contributed by atoms with Gasteiger partial charge in [-0.1, -0.05) is 91.0 Å². The molecule has 0 radical (unpaired) electrons. The van der Waals surface area contributed by atoms with Crippen LogP contribution in [0.5, 0.6) is 0 Å². The second kappa shape index (κ2) is 6.79. The van der Waals surface area contributed by atoms with Crippen molar-refractivity contribution in [1.29, 1.82) is 0 Å². The number of halogens is 1. The van der Waals surface area contributed by atoms with Crippen LogP contribution in [-0.2, 0) is 5.54 Å². The van der Waals surface area contributed by atoms with Gasteiger partial charge in [0.15, 0.2) is 11.7 Å². The summed E-state index contributed by atoms with van der Waals surface area (Å²) in [5.74, 6) is 0. The Labute approximate surface area is 161 Å². The average molecular weight is 435 g/mol. The zero-order valence-electron chi connectivity index (χ0n) is 13.5. The van der Waals surface area contributed by atoms with Crippen LogP contribution in [0.15, 0.2) is 106 Å². The first-order valence-corrected chi connectivity index (χ1v) is 9.19. The lowest BCUT2D eigenvalue weighted by molar-refractivity contribution is 0.364. The highest BCUT2D eigenvalue weighted by Gasteiger charge is 2.47. The van der Waals surface area contributed by atoms with Crippen LogP contribution in [0.2, 0.25) is 0 Å². The van der Waals surface area contributed by atoms with Gasteiger partial charge >= 0.3 is 0 Å². The van der Waals surface area contributed by atoms with Crippen LogP contribution >= 0.6 is 22.6 Å². The number of aliphatic imine (C=N–C) groups is 1. The van der Waals surface area contributed by atoms with E-state index in [0.29, 0.717) is 0 Å². The summed E-state index contributed by atoms with van der Waals surface area (Å²) in [5.41, 5.74) is 3.02. The molecule has 120 valence electrons. The number of hydrogen-bond acceptors (Lipinski definition) is 2. The zero-order valence-corrected chi connectivity index (χ0v) is 15.7. The van der Waals surface area contributed by atoms with Crippen molar-refractivity contribution in [2.45, 2.75) is 5.54 Å². The van der Waals surface area contributed by atoms with E-state index in [4.69, 9.17) is 0 Å². The second-order valence-corrected chi connectivity index (χ2v) is 6.95. The van der Waals surface area contributed by atoms with E-state index < -0.39 is 5.54 Å². The van der Waals surface area contributed by atoms with Gasteiger partial charge in [0.25, 0.3) is 10.0 Å². The zero-order chi connectivity index (χ0) is 17.1. The predicted molar refractivity (Wildman–Crippen MR) is 111 cm³/mol. The molecule has 0 unspecified atom stereocenters. The van der Waals surface area contributed by atoms with Crippen LogP contribution < -0.4 is 0 Å². The van der Waals surface area contributed by atoms with Crippen molar-refractivity contribution in [3.63, 3.8) is 0 Å². The monoisotopic (exact) mass is 435 g/mol. The molecule has 4 rings (SSSR count). The van der Waals surface area contributed by atoms with E-state index in [1.807, 2.05) is 24.4 Å². The minimum atomic E-state index is -0.514. The van der Waals surface area contributed by atoms with Crippen molar-refractivity contribution in [2.24, 2.45) is 4.99 Å². The van der Waals surface area contributed by atoms with Crippen molar-refractivity contribution >= 4 is 28.9 Å². The summed E-state index contributed by atoms with van der Waals surface area (Å²) in [4.78, 5) is 6.48. The van der Waals surface area contributed by atoms with Crippen LogP contribution in [0.25, 0.3) is 0 Å².